The van der Waals surface area contributed by atoms with Gasteiger partial charge in [-0.3, -0.25) is 4.79 Å². The first-order valence-corrected chi connectivity index (χ1v) is 12.5. The minimum Gasteiger partial charge on any atom is -0.379 e. The van der Waals surface area contributed by atoms with Crippen molar-refractivity contribution >= 4 is 39.1 Å². The Morgan fingerprint density at radius 2 is 1.82 bits per heavy atom. The van der Waals surface area contributed by atoms with Crippen LogP contribution >= 0.6 is 11.6 Å². The van der Waals surface area contributed by atoms with E-state index in [-0.39, 0.29) is 15.6 Å². The van der Waals surface area contributed by atoms with Crippen LogP contribution in [0.25, 0.3) is 0 Å². The summed E-state index contributed by atoms with van der Waals surface area (Å²) in [6.07, 6.45) is 1.50. The molecule has 0 unspecified atom stereocenters. The van der Waals surface area contributed by atoms with Gasteiger partial charge in [-0.15, -0.1) is 0 Å². The normalized spacial score (nSPS) is 17.7. The molecule has 0 spiro atoms. The Balaban J connectivity index is 1.55. The van der Waals surface area contributed by atoms with Crippen LogP contribution in [0, 0.1) is 0 Å². The summed E-state index contributed by atoms with van der Waals surface area (Å²) in [7, 11) is -3.68. The zero-order valence-corrected chi connectivity index (χ0v) is 19.7. The molecule has 2 aliphatic heterocycles. The number of nitrogens with zero attached hydrogens (tertiary/aromatic N) is 4. The predicted octanol–water partition coefficient (Wildman–Crippen LogP) is 3.36. The van der Waals surface area contributed by atoms with Gasteiger partial charge in [0, 0.05) is 30.5 Å². The second-order valence-electron chi connectivity index (χ2n) is 7.84. The molecule has 1 fully saturated rings. The number of amidine groups is 1. The highest BCUT2D eigenvalue weighted by Gasteiger charge is 2.30. The molecule has 0 saturated carbocycles. The van der Waals surface area contributed by atoms with Crippen LogP contribution in [0.2, 0.25) is 5.15 Å². The van der Waals surface area contributed by atoms with Gasteiger partial charge in [0.25, 0.3) is 5.91 Å². The van der Waals surface area contributed by atoms with Crippen LogP contribution in [0.1, 0.15) is 21.5 Å². The maximum Gasteiger partial charge on any atom is 0.282 e. The molecule has 1 saturated heterocycles. The number of sulfonamides is 1. The number of halogens is 1. The number of aliphatic imine (C=N–C) groups is 1. The number of aromatic nitrogens is 1. The lowest BCUT2D eigenvalue weighted by Gasteiger charge is -2.27. The van der Waals surface area contributed by atoms with Gasteiger partial charge in [-0.2, -0.15) is 9.30 Å². The molecule has 0 atom stereocenters. The summed E-state index contributed by atoms with van der Waals surface area (Å²) in [5.41, 5.74) is 2.60. The second-order valence-corrected chi connectivity index (χ2v) is 10.1. The zero-order valence-electron chi connectivity index (χ0n) is 18.1. The zero-order chi connectivity index (χ0) is 23.7. The lowest BCUT2D eigenvalue weighted by molar-refractivity contribution is 0.0730. The fourth-order valence-corrected chi connectivity index (χ4v) is 5.70. The van der Waals surface area contributed by atoms with Crippen molar-refractivity contribution in [2.75, 3.05) is 31.2 Å². The Bertz CT molecular complexity index is 1390. The SMILES string of the molecule is O=C(N=C1c2ccccc2CN1c1cccc(S(=O)(=O)N2CCOCC2)c1)c1cccnc1Cl. The van der Waals surface area contributed by atoms with Gasteiger partial charge < -0.3 is 9.64 Å². The maximum absolute atomic E-state index is 13.2. The van der Waals surface area contributed by atoms with E-state index in [1.165, 1.54) is 10.5 Å². The van der Waals surface area contributed by atoms with Gasteiger partial charge in [-0.1, -0.05) is 41.9 Å². The molecule has 8 nitrogen and oxygen atoms in total. The summed E-state index contributed by atoms with van der Waals surface area (Å²) in [4.78, 5) is 23.4. The van der Waals surface area contributed by atoms with E-state index < -0.39 is 15.9 Å². The quantitative estimate of drug-likeness (QED) is 0.514. The number of hydrogen-bond acceptors (Lipinski definition) is 5. The molecule has 0 N–H and O–H groups in total. The fourth-order valence-electron chi connectivity index (χ4n) is 4.05. The molecule has 1 aromatic heterocycles. The Hall–Kier alpha value is -3.11. The highest BCUT2D eigenvalue weighted by atomic mass is 35.5. The number of fused-ring (bicyclic) bond motifs is 1. The van der Waals surface area contributed by atoms with Crippen molar-refractivity contribution in [1.29, 1.82) is 0 Å². The topological polar surface area (TPSA) is 92.2 Å². The van der Waals surface area contributed by atoms with Crippen LogP contribution in [0.5, 0.6) is 0 Å². The van der Waals surface area contributed by atoms with Crippen LogP contribution in [0.3, 0.4) is 0 Å². The van der Waals surface area contributed by atoms with E-state index in [0.717, 1.165) is 11.1 Å². The molecule has 5 rings (SSSR count). The summed E-state index contributed by atoms with van der Waals surface area (Å²) in [5, 5.41) is 0.0771. The molecule has 1 amide bonds. The van der Waals surface area contributed by atoms with Crippen molar-refractivity contribution in [1.82, 2.24) is 9.29 Å². The van der Waals surface area contributed by atoms with Crippen molar-refractivity contribution in [3.05, 3.63) is 88.7 Å². The van der Waals surface area contributed by atoms with Crippen LogP contribution in [0.15, 0.2) is 76.7 Å². The maximum atomic E-state index is 13.2. The number of anilines is 1. The first-order chi connectivity index (χ1) is 16.4. The molecule has 3 heterocycles. The number of rotatable bonds is 4. The average Bonchev–Trinajstić information content (AvgIpc) is 3.23. The molecule has 174 valence electrons. The van der Waals surface area contributed by atoms with Crippen LogP contribution < -0.4 is 4.90 Å². The van der Waals surface area contributed by atoms with Gasteiger partial charge in [-0.25, -0.2) is 13.4 Å². The van der Waals surface area contributed by atoms with Gasteiger partial charge in [0.2, 0.25) is 10.0 Å². The van der Waals surface area contributed by atoms with Crippen molar-refractivity contribution in [3.63, 3.8) is 0 Å². The molecule has 0 radical (unpaired) electrons. The van der Waals surface area contributed by atoms with Crippen LogP contribution in [-0.2, 0) is 21.3 Å². The van der Waals surface area contributed by atoms with Crippen LogP contribution in [-0.4, -0.2) is 55.8 Å². The average molecular weight is 497 g/mol. The van der Waals surface area contributed by atoms with Crippen LogP contribution in [0.4, 0.5) is 5.69 Å². The highest BCUT2D eigenvalue weighted by molar-refractivity contribution is 7.89. The summed E-state index contributed by atoms with van der Waals surface area (Å²) < 4.78 is 33.1. The highest BCUT2D eigenvalue weighted by Crippen LogP contribution is 2.31. The molecule has 3 aromatic rings. The predicted molar refractivity (Wildman–Crippen MR) is 129 cm³/mol. The number of morpholine rings is 1. The smallest absolute Gasteiger partial charge is 0.282 e. The van der Waals surface area contributed by atoms with Gasteiger partial charge >= 0.3 is 0 Å². The van der Waals surface area contributed by atoms with Gasteiger partial charge in [-0.05, 0) is 35.9 Å². The summed E-state index contributed by atoms with van der Waals surface area (Å²) in [6.45, 7) is 1.82. The summed E-state index contributed by atoms with van der Waals surface area (Å²) in [5.74, 6) is -0.0895. The summed E-state index contributed by atoms with van der Waals surface area (Å²) >= 11 is 6.11. The third-order valence-electron chi connectivity index (χ3n) is 5.78. The number of hydrogen-bond donors (Lipinski definition) is 0. The van der Waals surface area contributed by atoms with E-state index in [4.69, 9.17) is 16.3 Å². The lowest BCUT2D eigenvalue weighted by atomic mass is 10.1. The molecule has 0 aliphatic carbocycles. The van der Waals surface area contributed by atoms with E-state index in [1.54, 1.807) is 36.4 Å². The first kappa shape index (κ1) is 22.7. The van der Waals surface area contributed by atoms with E-state index in [2.05, 4.69) is 9.98 Å². The monoisotopic (exact) mass is 496 g/mol. The molecular weight excluding hydrogens is 476 g/mol. The second kappa shape index (κ2) is 9.27. The number of carbonyl (C=O) groups excluding carboxylic acids is 1. The molecular formula is C24H21ClN4O4S. The van der Waals surface area contributed by atoms with Gasteiger partial charge in [0.15, 0.2) is 0 Å². The standard InChI is InChI=1S/C24H21ClN4O4S/c25-22-21(9-4-10-26-22)24(30)27-23-20-8-2-1-5-17(20)16-29(23)18-6-3-7-19(15-18)34(31,32)28-11-13-33-14-12-28/h1-10,15H,11-14,16H2. The van der Waals surface area contributed by atoms with E-state index in [9.17, 15) is 13.2 Å². The van der Waals surface area contributed by atoms with E-state index in [1.807, 2.05) is 29.2 Å². The number of pyridine rings is 1. The third-order valence-corrected chi connectivity index (χ3v) is 7.97. The fraction of sp³-hybridized carbons (Fsp3) is 0.208. The Labute approximate surface area is 202 Å². The van der Waals surface area contributed by atoms with Gasteiger partial charge in [0.1, 0.15) is 11.0 Å². The van der Waals surface area contributed by atoms with Gasteiger partial charge in [0.05, 0.1) is 30.2 Å². The lowest BCUT2D eigenvalue weighted by Crippen LogP contribution is -2.40. The van der Waals surface area contributed by atoms with E-state index in [0.29, 0.717) is 44.4 Å². The summed E-state index contributed by atoms with van der Waals surface area (Å²) in [6, 6.07) is 17.5. The molecule has 2 aromatic carbocycles. The molecule has 34 heavy (non-hydrogen) atoms. The molecule has 2 aliphatic rings. The van der Waals surface area contributed by atoms with Crippen molar-refractivity contribution in [2.45, 2.75) is 11.4 Å². The first-order valence-electron chi connectivity index (χ1n) is 10.7. The number of amides is 1. The van der Waals surface area contributed by atoms with Crippen molar-refractivity contribution in [3.8, 4) is 0 Å². The Morgan fingerprint density at radius 1 is 1.03 bits per heavy atom. The van der Waals surface area contributed by atoms with E-state index >= 15 is 0 Å². The van der Waals surface area contributed by atoms with Crippen molar-refractivity contribution < 1.29 is 17.9 Å². The van der Waals surface area contributed by atoms with Crippen molar-refractivity contribution in [2.24, 2.45) is 4.99 Å². The largest absolute Gasteiger partial charge is 0.379 e. The number of benzene rings is 2. The minimum atomic E-state index is -3.68. The third kappa shape index (κ3) is 4.23. The Kier molecular flexibility index (Phi) is 6.18. The molecule has 0 bridgehead atoms. The number of carbonyl (C=O) groups is 1. The Morgan fingerprint density at radius 3 is 2.62 bits per heavy atom. The number of ether oxygens (including phenoxy) is 1. The minimum absolute atomic E-state index is 0.0771. The molecule has 10 heteroatoms.